The zero-order valence-electron chi connectivity index (χ0n) is 20.6. The first-order chi connectivity index (χ1) is 16.0. The fourth-order valence-electron chi connectivity index (χ4n) is 6.67. The van der Waals surface area contributed by atoms with Crippen molar-refractivity contribution < 1.29 is 0 Å². The van der Waals surface area contributed by atoms with E-state index < -0.39 is 0 Å². The molecular formula is C32H37N. The Morgan fingerprint density at radius 1 is 0.788 bits per heavy atom. The van der Waals surface area contributed by atoms with Crippen LogP contribution in [0.3, 0.4) is 0 Å². The highest BCUT2D eigenvalue weighted by Gasteiger charge is 2.26. The lowest BCUT2D eigenvalue weighted by molar-refractivity contribution is 0.412. The molecule has 2 saturated carbocycles. The van der Waals surface area contributed by atoms with Crippen molar-refractivity contribution in [3.63, 3.8) is 0 Å². The van der Waals surface area contributed by atoms with Crippen LogP contribution in [0.25, 0.3) is 10.8 Å². The first kappa shape index (κ1) is 21.1. The van der Waals surface area contributed by atoms with Gasteiger partial charge in [-0.05, 0) is 89.6 Å². The van der Waals surface area contributed by atoms with Crippen molar-refractivity contribution in [2.75, 3.05) is 0 Å². The molecule has 33 heavy (non-hydrogen) atoms. The van der Waals surface area contributed by atoms with Gasteiger partial charge in [0.2, 0.25) is 0 Å². The van der Waals surface area contributed by atoms with Crippen molar-refractivity contribution in [1.82, 2.24) is 0 Å². The molecule has 1 nitrogen and oxygen atoms in total. The summed E-state index contributed by atoms with van der Waals surface area (Å²) in [7, 11) is 0. The molecule has 0 atom stereocenters. The van der Waals surface area contributed by atoms with Crippen LogP contribution in [-0.2, 0) is 6.42 Å². The lowest BCUT2D eigenvalue weighted by atomic mass is 9.84. The van der Waals surface area contributed by atoms with Crippen LogP contribution in [0.1, 0.15) is 112 Å². The fraction of sp³-hybridized carbons (Fsp3) is 0.469. The highest BCUT2D eigenvalue weighted by Crippen LogP contribution is 2.43. The zero-order valence-corrected chi connectivity index (χ0v) is 20.6. The zero-order chi connectivity index (χ0) is 22.6. The monoisotopic (exact) mass is 435 g/mol. The summed E-state index contributed by atoms with van der Waals surface area (Å²) >= 11 is 0. The molecule has 0 unspecified atom stereocenters. The Bertz CT molecular complexity index is 1190. The molecule has 0 radical (unpaired) electrons. The molecular weight excluding hydrogens is 398 g/mol. The molecule has 2 aliphatic carbocycles. The van der Waals surface area contributed by atoms with E-state index in [9.17, 15) is 0 Å². The Hall–Kier alpha value is -2.41. The average molecular weight is 436 g/mol. The van der Waals surface area contributed by atoms with Crippen molar-refractivity contribution in [1.29, 1.82) is 0 Å². The molecule has 3 aromatic carbocycles. The Kier molecular flexibility index (Phi) is 5.20. The second-order valence-corrected chi connectivity index (χ2v) is 12.0. The quantitative estimate of drug-likeness (QED) is 0.303. The third-order valence-electron chi connectivity index (χ3n) is 8.22. The van der Waals surface area contributed by atoms with Crippen LogP contribution in [0.15, 0.2) is 53.5 Å². The molecule has 1 heterocycles. The van der Waals surface area contributed by atoms with E-state index in [-0.39, 0.29) is 5.41 Å². The molecule has 1 aliphatic heterocycles. The van der Waals surface area contributed by atoms with E-state index in [1.165, 1.54) is 84.5 Å². The Balaban J connectivity index is 1.47. The van der Waals surface area contributed by atoms with Gasteiger partial charge in [-0.25, -0.2) is 4.99 Å². The SMILES string of the molecule is CC(C)(C)Cc1ccc2c3c(cccc13)C(c1cc(C3CCCC3)cc(C3CCCC3)c1)=N2. The van der Waals surface area contributed by atoms with Crippen molar-refractivity contribution in [3.05, 3.63) is 76.3 Å². The number of rotatable bonds is 4. The highest BCUT2D eigenvalue weighted by molar-refractivity contribution is 6.26. The molecule has 2 fully saturated rings. The number of benzene rings is 3. The van der Waals surface area contributed by atoms with Crippen LogP contribution >= 0.6 is 0 Å². The van der Waals surface area contributed by atoms with Gasteiger partial charge >= 0.3 is 0 Å². The van der Waals surface area contributed by atoms with Crippen LogP contribution in [0.4, 0.5) is 5.69 Å². The standard InChI is InChI=1S/C32H37N/c1-32(2,3)20-23-15-16-29-30-27(23)13-8-14-28(30)31(33-29)26-18-24(21-9-4-5-10-21)17-25(19-26)22-11-6-7-12-22/h8,13-19,21-22H,4-7,9-12,20H2,1-3H3. The van der Waals surface area contributed by atoms with E-state index >= 15 is 0 Å². The minimum Gasteiger partial charge on any atom is -0.247 e. The minimum absolute atomic E-state index is 0.272. The summed E-state index contributed by atoms with van der Waals surface area (Å²) in [5.74, 6) is 1.48. The van der Waals surface area contributed by atoms with Crippen molar-refractivity contribution >= 4 is 22.2 Å². The molecule has 3 aliphatic rings. The third kappa shape index (κ3) is 3.94. The molecule has 170 valence electrons. The summed E-state index contributed by atoms with van der Waals surface area (Å²) in [5, 5.41) is 2.75. The predicted octanol–water partition coefficient (Wildman–Crippen LogP) is 9.23. The Morgan fingerprint density at radius 3 is 2.03 bits per heavy atom. The summed E-state index contributed by atoms with van der Waals surface area (Å²) in [5.41, 5.74) is 9.91. The van der Waals surface area contributed by atoms with Gasteiger partial charge in [-0.1, -0.05) is 76.8 Å². The van der Waals surface area contributed by atoms with Gasteiger partial charge in [-0.15, -0.1) is 0 Å². The normalized spacial score (nSPS) is 19.1. The molecule has 0 saturated heterocycles. The maximum absolute atomic E-state index is 5.26. The van der Waals surface area contributed by atoms with Crippen LogP contribution in [0.2, 0.25) is 0 Å². The predicted molar refractivity (Wildman–Crippen MR) is 141 cm³/mol. The molecule has 0 aromatic heterocycles. The minimum atomic E-state index is 0.272. The first-order valence-corrected chi connectivity index (χ1v) is 13.3. The summed E-state index contributed by atoms with van der Waals surface area (Å²) in [6.45, 7) is 6.99. The van der Waals surface area contributed by atoms with E-state index in [2.05, 4.69) is 69.3 Å². The topological polar surface area (TPSA) is 12.4 Å². The Labute approximate surface area is 199 Å². The lowest BCUT2D eigenvalue weighted by Gasteiger charge is -2.20. The smallest absolute Gasteiger partial charge is 0.0789 e. The van der Waals surface area contributed by atoms with E-state index in [0.717, 1.165) is 23.9 Å². The Morgan fingerprint density at radius 2 is 1.42 bits per heavy atom. The van der Waals surface area contributed by atoms with Gasteiger partial charge in [-0.2, -0.15) is 0 Å². The van der Waals surface area contributed by atoms with E-state index in [1.54, 1.807) is 11.1 Å². The molecule has 0 N–H and O–H groups in total. The van der Waals surface area contributed by atoms with Crippen molar-refractivity contribution in [2.45, 2.75) is 90.4 Å². The van der Waals surface area contributed by atoms with Crippen LogP contribution in [0.5, 0.6) is 0 Å². The third-order valence-corrected chi connectivity index (χ3v) is 8.22. The van der Waals surface area contributed by atoms with Gasteiger partial charge in [0.1, 0.15) is 0 Å². The summed E-state index contributed by atoms with van der Waals surface area (Å²) in [4.78, 5) is 5.26. The molecule has 0 amide bonds. The van der Waals surface area contributed by atoms with Gasteiger partial charge in [0.25, 0.3) is 0 Å². The number of hydrogen-bond donors (Lipinski definition) is 0. The van der Waals surface area contributed by atoms with E-state index in [4.69, 9.17) is 4.99 Å². The average Bonchev–Trinajstić information content (AvgIpc) is 3.56. The van der Waals surface area contributed by atoms with Crippen molar-refractivity contribution in [2.24, 2.45) is 10.4 Å². The molecule has 3 aromatic rings. The first-order valence-electron chi connectivity index (χ1n) is 13.3. The second kappa shape index (κ2) is 8.12. The second-order valence-electron chi connectivity index (χ2n) is 12.0. The van der Waals surface area contributed by atoms with Crippen LogP contribution < -0.4 is 0 Å². The van der Waals surface area contributed by atoms with Crippen LogP contribution in [-0.4, -0.2) is 5.71 Å². The summed E-state index contributed by atoms with van der Waals surface area (Å²) < 4.78 is 0. The van der Waals surface area contributed by atoms with E-state index in [0.29, 0.717) is 0 Å². The maximum atomic E-state index is 5.26. The maximum Gasteiger partial charge on any atom is 0.0789 e. The van der Waals surface area contributed by atoms with Gasteiger partial charge < -0.3 is 0 Å². The summed E-state index contributed by atoms with van der Waals surface area (Å²) in [6, 6.07) is 19.0. The van der Waals surface area contributed by atoms with Crippen molar-refractivity contribution in [3.8, 4) is 0 Å². The molecule has 0 spiro atoms. The molecule has 0 bridgehead atoms. The van der Waals surface area contributed by atoms with Crippen LogP contribution in [0, 0.1) is 5.41 Å². The largest absolute Gasteiger partial charge is 0.247 e. The highest BCUT2D eigenvalue weighted by atomic mass is 14.8. The van der Waals surface area contributed by atoms with Gasteiger partial charge in [-0.3, -0.25) is 0 Å². The molecule has 6 rings (SSSR count). The van der Waals surface area contributed by atoms with Gasteiger partial charge in [0.15, 0.2) is 0 Å². The fourth-order valence-corrected chi connectivity index (χ4v) is 6.67. The van der Waals surface area contributed by atoms with E-state index in [1.807, 2.05) is 0 Å². The lowest BCUT2D eigenvalue weighted by Crippen LogP contribution is -2.09. The number of aliphatic imine (C=N–C) groups is 1. The molecule has 1 heteroatoms. The van der Waals surface area contributed by atoms with Gasteiger partial charge in [0.05, 0.1) is 11.4 Å². The number of hydrogen-bond acceptors (Lipinski definition) is 1. The van der Waals surface area contributed by atoms with Gasteiger partial charge in [0, 0.05) is 16.5 Å². The number of nitrogens with zero attached hydrogens (tertiary/aromatic N) is 1. The summed E-state index contributed by atoms with van der Waals surface area (Å²) in [6.07, 6.45) is 12.0.